The molecule has 0 amide bonds. The van der Waals surface area contributed by atoms with Crippen LogP contribution >= 0.6 is 0 Å². The van der Waals surface area contributed by atoms with Gasteiger partial charge in [-0.1, -0.05) is 37.3 Å². The second kappa shape index (κ2) is 8.41. The topological polar surface area (TPSA) is 33.3 Å². The number of nitrogens with one attached hydrogen (secondary N) is 2. The third-order valence-corrected chi connectivity index (χ3v) is 2.03. The fourth-order valence-corrected chi connectivity index (χ4v) is 1.23. The summed E-state index contributed by atoms with van der Waals surface area (Å²) in [4.78, 5) is 5.27. The maximum absolute atomic E-state index is 5.27. The Morgan fingerprint density at radius 1 is 1.13 bits per heavy atom. The first-order chi connectivity index (χ1) is 7.43. The van der Waals surface area contributed by atoms with Crippen molar-refractivity contribution in [1.82, 2.24) is 10.8 Å². The summed E-state index contributed by atoms with van der Waals surface area (Å²) in [5, 5.41) is 3.27. The summed E-state index contributed by atoms with van der Waals surface area (Å²) in [5.74, 6) is 0. The Morgan fingerprint density at radius 2 is 1.93 bits per heavy atom. The fraction of sp³-hybridized carbons (Fsp3) is 0.500. The molecule has 0 saturated heterocycles. The molecule has 0 bridgehead atoms. The molecule has 0 saturated carbocycles. The second-order valence-electron chi connectivity index (χ2n) is 3.41. The minimum Gasteiger partial charge on any atom is -0.314 e. The normalized spacial score (nSPS) is 10.5. The molecule has 0 aliphatic rings. The lowest BCUT2D eigenvalue weighted by atomic mass is 10.2. The van der Waals surface area contributed by atoms with E-state index < -0.39 is 0 Å². The minimum absolute atomic E-state index is 0.701. The van der Waals surface area contributed by atoms with Gasteiger partial charge in [0.25, 0.3) is 0 Å². The van der Waals surface area contributed by atoms with E-state index in [4.69, 9.17) is 4.84 Å². The molecule has 3 heteroatoms. The van der Waals surface area contributed by atoms with Crippen molar-refractivity contribution in [2.45, 2.75) is 19.9 Å². The summed E-state index contributed by atoms with van der Waals surface area (Å²) in [6, 6.07) is 10.2. The minimum atomic E-state index is 0.701. The highest BCUT2D eigenvalue weighted by atomic mass is 16.6. The van der Waals surface area contributed by atoms with Crippen molar-refractivity contribution in [3.05, 3.63) is 35.9 Å². The van der Waals surface area contributed by atoms with Crippen LogP contribution in [0.5, 0.6) is 0 Å². The zero-order valence-electron chi connectivity index (χ0n) is 9.33. The van der Waals surface area contributed by atoms with Gasteiger partial charge in [-0.25, -0.2) is 0 Å². The molecule has 15 heavy (non-hydrogen) atoms. The van der Waals surface area contributed by atoms with E-state index >= 15 is 0 Å². The number of benzene rings is 1. The Balaban J connectivity index is 1.93. The first-order valence-corrected chi connectivity index (χ1v) is 5.52. The molecular weight excluding hydrogens is 188 g/mol. The van der Waals surface area contributed by atoms with E-state index in [0.29, 0.717) is 6.61 Å². The van der Waals surface area contributed by atoms with Crippen LogP contribution in [0.2, 0.25) is 0 Å². The Hall–Kier alpha value is -0.900. The van der Waals surface area contributed by atoms with Crippen LogP contribution in [0.1, 0.15) is 18.9 Å². The van der Waals surface area contributed by atoms with E-state index in [1.54, 1.807) is 0 Å². The zero-order chi connectivity index (χ0) is 10.8. The van der Waals surface area contributed by atoms with Gasteiger partial charge in [0.1, 0.15) is 0 Å². The van der Waals surface area contributed by atoms with E-state index in [1.807, 2.05) is 18.2 Å². The molecule has 0 aliphatic heterocycles. The van der Waals surface area contributed by atoms with E-state index in [-0.39, 0.29) is 0 Å². The molecule has 1 aromatic carbocycles. The summed E-state index contributed by atoms with van der Waals surface area (Å²) in [6.07, 6.45) is 1.16. The van der Waals surface area contributed by atoms with Gasteiger partial charge in [0.2, 0.25) is 0 Å². The Morgan fingerprint density at radius 3 is 2.67 bits per heavy atom. The molecule has 3 nitrogen and oxygen atoms in total. The molecule has 0 unspecified atom stereocenters. The van der Waals surface area contributed by atoms with Gasteiger partial charge in [-0.3, -0.25) is 0 Å². The van der Waals surface area contributed by atoms with E-state index in [1.165, 1.54) is 5.56 Å². The van der Waals surface area contributed by atoms with Gasteiger partial charge in [0.15, 0.2) is 0 Å². The SMILES string of the molecule is CCCNCCONCc1ccccc1. The van der Waals surface area contributed by atoms with Gasteiger partial charge in [0, 0.05) is 13.1 Å². The van der Waals surface area contributed by atoms with Crippen LogP contribution in [-0.4, -0.2) is 19.7 Å². The van der Waals surface area contributed by atoms with Crippen molar-refractivity contribution in [3.63, 3.8) is 0 Å². The monoisotopic (exact) mass is 208 g/mol. The van der Waals surface area contributed by atoms with Crippen molar-refractivity contribution >= 4 is 0 Å². The van der Waals surface area contributed by atoms with Crippen molar-refractivity contribution < 1.29 is 4.84 Å². The average Bonchev–Trinajstić information content (AvgIpc) is 2.29. The molecule has 0 aromatic heterocycles. The molecule has 0 radical (unpaired) electrons. The highest BCUT2D eigenvalue weighted by Gasteiger charge is 1.90. The van der Waals surface area contributed by atoms with Crippen LogP contribution in [0, 0.1) is 0 Å². The van der Waals surface area contributed by atoms with Crippen LogP contribution in [0.3, 0.4) is 0 Å². The number of hydrogen-bond acceptors (Lipinski definition) is 3. The molecule has 0 atom stereocenters. The highest BCUT2D eigenvalue weighted by Crippen LogP contribution is 1.96. The van der Waals surface area contributed by atoms with E-state index in [9.17, 15) is 0 Å². The molecule has 84 valence electrons. The van der Waals surface area contributed by atoms with Crippen LogP contribution in [-0.2, 0) is 11.4 Å². The smallest absolute Gasteiger partial charge is 0.0806 e. The summed E-state index contributed by atoms with van der Waals surface area (Å²) < 4.78 is 0. The maximum atomic E-state index is 5.27. The molecule has 2 N–H and O–H groups in total. The maximum Gasteiger partial charge on any atom is 0.0806 e. The van der Waals surface area contributed by atoms with E-state index in [2.05, 4.69) is 29.9 Å². The number of rotatable bonds is 8. The third kappa shape index (κ3) is 6.23. The molecular formula is C12H20N2O. The Kier molecular flexibility index (Phi) is 6.83. The lowest BCUT2D eigenvalue weighted by molar-refractivity contribution is 0.0388. The molecule has 0 fully saturated rings. The second-order valence-corrected chi connectivity index (χ2v) is 3.41. The summed E-state index contributed by atoms with van der Waals surface area (Å²) in [6.45, 7) is 5.57. The first kappa shape index (κ1) is 12.2. The van der Waals surface area contributed by atoms with Crippen molar-refractivity contribution in [2.75, 3.05) is 19.7 Å². The molecule has 1 rings (SSSR count). The average molecular weight is 208 g/mol. The largest absolute Gasteiger partial charge is 0.314 e. The Bertz CT molecular complexity index is 239. The summed E-state index contributed by atoms with van der Waals surface area (Å²) >= 11 is 0. The van der Waals surface area contributed by atoms with Gasteiger partial charge in [-0.05, 0) is 18.5 Å². The van der Waals surface area contributed by atoms with Crippen LogP contribution in [0.15, 0.2) is 30.3 Å². The van der Waals surface area contributed by atoms with Gasteiger partial charge in [-0.15, -0.1) is 0 Å². The summed E-state index contributed by atoms with van der Waals surface area (Å²) in [7, 11) is 0. The zero-order valence-corrected chi connectivity index (χ0v) is 9.33. The number of hydrogen-bond donors (Lipinski definition) is 2. The van der Waals surface area contributed by atoms with E-state index in [0.717, 1.165) is 26.1 Å². The predicted molar refractivity (Wildman–Crippen MR) is 62.4 cm³/mol. The molecule has 0 aliphatic carbocycles. The summed E-state index contributed by atoms with van der Waals surface area (Å²) in [5.41, 5.74) is 4.17. The third-order valence-electron chi connectivity index (χ3n) is 2.03. The highest BCUT2D eigenvalue weighted by molar-refractivity contribution is 5.13. The Labute approximate surface area is 91.8 Å². The van der Waals surface area contributed by atoms with Crippen molar-refractivity contribution in [1.29, 1.82) is 0 Å². The first-order valence-electron chi connectivity index (χ1n) is 5.52. The lowest BCUT2D eigenvalue weighted by Crippen LogP contribution is -2.24. The standard InChI is InChI=1S/C12H20N2O/c1-2-8-13-9-10-15-14-11-12-6-4-3-5-7-12/h3-7,13-14H,2,8-11H2,1H3. The predicted octanol–water partition coefficient (Wildman–Crippen LogP) is 1.71. The van der Waals surface area contributed by atoms with Crippen LogP contribution < -0.4 is 10.8 Å². The lowest BCUT2D eigenvalue weighted by Gasteiger charge is -2.06. The van der Waals surface area contributed by atoms with Crippen molar-refractivity contribution in [2.24, 2.45) is 0 Å². The number of hydroxylamine groups is 1. The van der Waals surface area contributed by atoms with Crippen LogP contribution in [0.4, 0.5) is 0 Å². The molecule has 0 heterocycles. The van der Waals surface area contributed by atoms with Crippen molar-refractivity contribution in [3.8, 4) is 0 Å². The van der Waals surface area contributed by atoms with Gasteiger partial charge >= 0.3 is 0 Å². The molecule has 0 spiro atoms. The van der Waals surface area contributed by atoms with Gasteiger partial charge in [0.05, 0.1) is 6.61 Å². The fourth-order valence-electron chi connectivity index (χ4n) is 1.23. The van der Waals surface area contributed by atoms with Gasteiger partial charge in [-0.2, -0.15) is 5.48 Å². The van der Waals surface area contributed by atoms with Crippen LogP contribution in [0.25, 0.3) is 0 Å². The molecule has 1 aromatic rings. The quantitative estimate of drug-likeness (QED) is 0.504. The van der Waals surface area contributed by atoms with Gasteiger partial charge < -0.3 is 10.2 Å².